The number of anilines is 1. The topological polar surface area (TPSA) is 49.3 Å². The summed E-state index contributed by atoms with van der Waals surface area (Å²) in [7, 11) is 0. The largest absolute Gasteiger partial charge is 0.508 e. The number of phenols is 1. The lowest BCUT2D eigenvalue weighted by Gasteiger charge is -2.07. The predicted molar refractivity (Wildman–Crippen MR) is 79.6 cm³/mol. The zero-order valence-electron chi connectivity index (χ0n) is 9.56. The van der Waals surface area contributed by atoms with E-state index >= 15 is 0 Å². The average Bonchev–Trinajstić information content (AvgIpc) is 2.32. The van der Waals surface area contributed by atoms with Crippen LogP contribution in [0.25, 0.3) is 0 Å². The Bertz CT molecular complexity index is 569. The lowest BCUT2D eigenvalue weighted by molar-refractivity contribution is -0.115. The molecule has 92 valence electrons. The molecule has 18 heavy (non-hydrogen) atoms. The van der Waals surface area contributed by atoms with Gasteiger partial charge in [0.15, 0.2) is 0 Å². The van der Waals surface area contributed by atoms with Crippen molar-refractivity contribution in [2.75, 3.05) is 5.32 Å². The van der Waals surface area contributed by atoms with Gasteiger partial charge in [0.05, 0.1) is 12.1 Å². The predicted octanol–water partition coefficient (Wildman–Crippen LogP) is 3.18. The molecule has 0 spiro atoms. The van der Waals surface area contributed by atoms with Crippen molar-refractivity contribution >= 4 is 34.2 Å². The van der Waals surface area contributed by atoms with Crippen LogP contribution in [0, 0.1) is 3.57 Å². The van der Waals surface area contributed by atoms with E-state index in [0.29, 0.717) is 0 Å². The molecule has 0 unspecified atom stereocenters. The molecule has 0 heterocycles. The Morgan fingerprint density at radius 3 is 2.67 bits per heavy atom. The number of benzene rings is 2. The first kappa shape index (κ1) is 12.9. The summed E-state index contributed by atoms with van der Waals surface area (Å²) < 4.78 is 0.999. The number of carbonyl (C=O) groups excluding carboxylic acids is 1. The second-order valence-corrected chi connectivity index (χ2v) is 5.04. The van der Waals surface area contributed by atoms with Gasteiger partial charge in [0, 0.05) is 3.57 Å². The molecule has 0 saturated heterocycles. The van der Waals surface area contributed by atoms with Crippen LogP contribution in [0.5, 0.6) is 5.75 Å². The quantitative estimate of drug-likeness (QED) is 0.833. The molecule has 0 aliphatic heterocycles. The lowest BCUT2D eigenvalue weighted by Crippen LogP contribution is -2.15. The number of hydrogen-bond donors (Lipinski definition) is 2. The van der Waals surface area contributed by atoms with Crippen molar-refractivity contribution < 1.29 is 9.90 Å². The van der Waals surface area contributed by atoms with Crippen molar-refractivity contribution in [3.8, 4) is 5.75 Å². The second kappa shape index (κ2) is 5.86. The normalized spacial score (nSPS) is 10.1. The molecule has 0 atom stereocenters. The van der Waals surface area contributed by atoms with Gasteiger partial charge in [0.2, 0.25) is 5.91 Å². The molecule has 2 aromatic carbocycles. The molecule has 0 bridgehead atoms. The summed E-state index contributed by atoms with van der Waals surface area (Å²) in [5.41, 5.74) is 1.60. The highest BCUT2D eigenvalue weighted by Gasteiger charge is 2.06. The van der Waals surface area contributed by atoms with Crippen LogP contribution in [0.15, 0.2) is 48.5 Å². The summed E-state index contributed by atoms with van der Waals surface area (Å²) >= 11 is 2.18. The molecule has 0 aromatic heterocycles. The Morgan fingerprint density at radius 2 is 1.94 bits per heavy atom. The Kier molecular flexibility index (Phi) is 4.19. The maximum absolute atomic E-state index is 11.8. The minimum Gasteiger partial charge on any atom is -0.508 e. The fourth-order valence-corrected chi connectivity index (χ4v) is 2.13. The number of amides is 1. The molecule has 0 aliphatic rings. The molecule has 0 fully saturated rings. The summed E-state index contributed by atoms with van der Waals surface area (Å²) in [5, 5.41) is 12.2. The second-order valence-electron chi connectivity index (χ2n) is 3.87. The van der Waals surface area contributed by atoms with Crippen molar-refractivity contribution in [1.82, 2.24) is 0 Å². The molecule has 2 rings (SSSR count). The zero-order valence-corrected chi connectivity index (χ0v) is 11.7. The van der Waals surface area contributed by atoms with Crippen molar-refractivity contribution in [1.29, 1.82) is 0 Å². The van der Waals surface area contributed by atoms with E-state index in [9.17, 15) is 9.90 Å². The van der Waals surface area contributed by atoms with E-state index in [0.717, 1.165) is 14.8 Å². The van der Waals surface area contributed by atoms with Crippen LogP contribution in [-0.2, 0) is 11.2 Å². The summed E-state index contributed by atoms with van der Waals surface area (Å²) in [6.45, 7) is 0. The van der Waals surface area contributed by atoms with E-state index in [2.05, 4.69) is 27.9 Å². The van der Waals surface area contributed by atoms with Crippen molar-refractivity contribution in [2.45, 2.75) is 6.42 Å². The lowest BCUT2D eigenvalue weighted by atomic mass is 10.1. The Hall–Kier alpha value is -1.56. The standard InChI is InChI=1S/C14H12INO2/c15-12-6-1-2-7-13(12)16-14(18)9-10-4-3-5-11(17)8-10/h1-8,17H,9H2,(H,16,18). The number of hydrogen-bond acceptors (Lipinski definition) is 2. The minimum absolute atomic E-state index is 0.0929. The summed E-state index contributed by atoms with van der Waals surface area (Å²) in [6, 6.07) is 14.3. The minimum atomic E-state index is -0.0929. The molecular weight excluding hydrogens is 341 g/mol. The number of para-hydroxylation sites is 1. The molecule has 1 amide bonds. The number of nitrogens with one attached hydrogen (secondary N) is 1. The fraction of sp³-hybridized carbons (Fsp3) is 0.0714. The third-order valence-corrected chi connectivity index (χ3v) is 3.36. The van der Waals surface area contributed by atoms with Crippen molar-refractivity contribution in [3.05, 3.63) is 57.7 Å². The van der Waals surface area contributed by atoms with Crippen LogP contribution in [0.4, 0.5) is 5.69 Å². The third-order valence-electron chi connectivity index (χ3n) is 2.42. The number of carbonyl (C=O) groups is 1. The highest BCUT2D eigenvalue weighted by molar-refractivity contribution is 14.1. The Morgan fingerprint density at radius 1 is 1.17 bits per heavy atom. The third kappa shape index (κ3) is 3.46. The summed E-state index contributed by atoms with van der Waals surface area (Å²) in [4.78, 5) is 11.8. The van der Waals surface area contributed by atoms with Gasteiger partial charge in [-0.1, -0.05) is 24.3 Å². The highest BCUT2D eigenvalue weighted by atomic mass is 127. The van der Waals surface area contributed by atoms with E-state index in [1.807, 2.05) is 30.3 Å². The van der Waals surface area contributed by atoms with Crippen LogP contribution >= 0.6 is 22.6 Å². The van der Waals surface area contributed by atoms with Gasteiger partial charge >= 0.3 is 0 Å². The molecule has 0 aliphatic carbocycles. The van der Waals surface area contributed by atoms with E-state index in [4.69, 9.17) is 0 Å². The molecular formula is C14H12INO2. The molecule has 2 N–H and O–H groups in total. The maximum Gasteiger partial charge on any atom is 0.228 e. The number of halogens is 1. The van der Waals surface area contributed by atoms with Crippen LogP contribution in [-0.4, -0.2) is 11.0 Å². The van der Waals surface area contributed by atoms with Gasteiger partial charge < -0.3 is 10.4 Å². The first-order chi connectivity index (χ1) is 8.65. The average molecular weight is 353 g/mol. The molecule has 0 saturated carbocycles. The van der Waals surface area contributed by atoms with Crippen LogP contribution in [0.2, 0.25) is 0 Å². The van der Waals surface area contributed by atoms with Gasteiger partial charge in [-0.05, 0) is 52.4 Å². The first-order valence-electron chi connectivity index (χ1n) is 5.47. The van der Waals surface area contributed by atoms with Crippen LogP contribution < -0.4 is 5.32 Å². The number of aromatic hydroxyl groups is 1. The Balaban J connectivity index is 2.03. The first-order valence-corrected chi connectivity index (χ1v) is 6.55. The molecule has 3 nitrogen and oxygen atoms in total. The maximum atomic E-state index is 11.8. The van der Waals surface area contributed by atoms with Gasteiger partial charge in [-0.25, -0.2) is 0 Å². The van der Waals surface area contributed by atoms with E-state index < -0.39 is 0 Å². The molecule has 2 aromatic rings. The van der Waals surface area contributed by atoms with E-state index in [1.165, 1.54) is 0 Å². The summed E-state index contributed by atoms with van der Waals surface area (Å²) in [5.74, 6) is 0.0827. The fourth-order valence-electron chi connectivity index (χ4n) is 1.61. The highest BCUT2D eigenvalue weighted by Crippen LogP contribution is 2.17. The van der Waals surface area contributed by atoms with E-state index in [-0.39, 0.29) is 18.1 Å². The van der Waals surface area contributed by atoms with Crippen LogP contribution in [0.3, 0.4) is 0 Å². The smallest absolute Gasteiger partial charge is 0.228 e. The number of rotatable bonds is 3. The molecule has 0 radical (unpaired) electrons. The SMILES string of the molecule is O=C(Cc1cccc(O)c1)Nc1ccccc1I. The van der Waals surface area contributed by atoms with Crippen LogP contribution in [0.1, 0.15) is 5.56 Å². The van der Waals surface area contributed by atoms with E-state index in [1.54, 1.807) is 18.2 Å². The van der Waals surface area contributed by atoms with Gasteiger partial charge in [-0.3, -0.25) is 4.79 Å². The Labute approximate surface area is 119 Å². The van der Waals surface area contributed by atoms with Gasteiger partial charge in [-0.2, -0.15) is 0 Å². The zero-order chi connectivity index (χ0) is 13.0. The van der Waals surface area contributed by atoms with Crippen molar-refractivity contribution in [2.24, 2.45) is 0 Å². The van der Waals surface area contributed by atoms with Crippen molar-refractivity contribution in [3.63, 3.8) is 0 Å². The van der Waals surface area contributed by atoms with Gasteiger partial charge in [0.1, 0.15) is 5.75 Å². The van der Waals surface area contributed by atoms with Gasteiger partial charge in [-0.15, -0.1) is 0 Å². The number of phenolic OH excluding ortho intramolecular Hbond substituents is 1. The molecule has 4 heteroatoms. The summed E-state index contributed by atoms with van der Waals surface area (Å²) in [6.07, 6.45) is 0.249. The van der Waals surface area contributed by atoms with Gasteiger partial charge in [0.25, 0.3) is 0 Å². The monoisotopic (exact) mass is 353 g/mol.